The van der Waals surface area contributed by atoms with Gasteiger partial charge in [0.05, 0.1) is 11.8 Å². The predicted molar refractivity (Wildman–Crippen MR) is 64.0 cm³/mol. The molecule has 0 spiro atoms. The van der Waals surface area contributed by atoms with Crippen molar-refractivity contribution >= 4 is 11.9 Å². The summed E-state index contributed by atoms with van der Waals surface area (Å²) in [7, 11) is 0. The highest BCUT2D eigenvalue weighted by atomic mass is 16.5. The number of aliphatic carboxylic acids is 1. The highest BCUT2D eigenvalue weighted by Gasteiger charge is 2.33. The van der Waals surface area contributed by atoms with E-state index in [9.17, 15) is 9.59 Å². The summed E-state index contributed by atoms with van der Waals surface area (Å²) in [5, 5.41) is 15.3. The number of hydrogen-bond donors (Lipinski definition) is 2. The minimum Gasteiger partial charge on any atom is -0.481 e. The molecular weight excluding hydrogens is 250 g/mol. The van der Waals surface area contributed by atoms with Crippen LogP contribution in [0.2, 0.25) is 0 Å². The molecule has 1 aliphatic carbocycles. The van der Waals surface area contributed by atoms with Crippen LogP contribution in [0.25, 0.3) is 0 Å². The molecule has 0 saturated carbocycles. The molecule has 1 aromatic rings. The third-order valence-electron chi connectivity index (χ3n) is 3.13. The van der Waals surface area contributed by atoms with Crippen LogP contribution in [-0.2, 0) is 16.0 Å². The van der Waals surface area contributed by atoms with Crippen LogP contribution in [-0.4, -0.2) is 33.7 Å². The Morgan fingerprint density at radius 2 is 2.11 bits per heavy atom. The van der Waals surface area contributed by atoms with Gasteiger partial charge in [-0.1, -0.05) is 17.3 Å². The van der Waals surface area contributed by atoms with Crippen molar-refractivity contribution in [1.29, 1.82) is 0 Å². The SMILES string of the molecule is O=C(O)C1CC=CCC1C(=O)NCCc1ncno1. The summed E-state index contributed by atoms with van der Waals surface area (Å²) in [5.41, 5.74) is 0. The van der Waals surface area contributed by atoms with Crippen molar-refractivity contribution in [2.75, 3.05) is 6.54 Å². The number of hydrogen-bond acceptors (Lipinski definition) is 5. The maximum atomic E-state index is 12.0. The van der Waals surface area contributed by atoms with Gasteiger partial charge in [0.25, 0.3) is 0 Å². The molecule has 7 nitrogen and oxygen atoms in total. The first-order valence-electron chi connectivity index (χ1n) is 6.09. The third kappa shape index (κ3) is 3.40. The lowest BCUT2D eigenvalue weighted by molar-refractivity contribution is -0.147. The van der Waals surface area contributed by atoms with Gasteiger partial charge in [0.1, 0.15) is 0 Å². The number of aromatic nitrogens is 2. The van der Waals surface area contributed by atoms with E-state index in [2.05, 4.69) is 15.5 Å². The summed E-state index contributed by atoms with van der Waals surface area (Å²) < 4.78 is 4.80. The molecule has 1 heterocycles. The molecule has 2 rings (SSSR count). The highest BCUT2D eigenvalue weighted by Crippen LogP contribution is 2.25. The summed E-state index contributed by atoms with van der Waals surface area (Å²) in [4.78, 5) is 26.9. The van der Waals surface area contributed by atoms with Gasteiger partial charge in [-0.2, -0.15) is 4.98 Å². The highest BCUT2D eigenvalue weighted by molar-refractivity contribution is 5.85. The number of carboxylic acids is 1. The number of rotatable bonds is 5. The van der Waals surface area contributed by atoms with Gasteiger partial charge >= 0.3 is 5.97 Å². The van der Waals surface area contributed by atoms with Crippen LogP contribution in [0, 0.1) is 11.8 Å². The standard InChI is InChI=1S/C12H15N3O4/c16-11(13-6-5-10-14-7-15-19-10)8-3-1-2-4-9(8)12(17)18/h1-2,7-9H,3-6H2,(H,13,16)(H,17,18). The average molecular weight is 265 g/mol. The summed E-state index contributed by atoms with van der Waals surface area (Å²) in [6.07, 6.45) is 6.25. The van der Waals surface area contributed by atoms with Crippen molar-refractivity contribution in [3.63, 3.8) is 0 Å². The van der Waals surface area contributed by atoms with Crippen LogP contribution in [0.3, 0.4) is 0 Å². The first-order chi connectivity index (χ1) is 9.18. The molecule has 7 heteroatoms. The molecule has 0 saturated heterocycles. The number of carbonyl (C=O) groups is 2. The zero-order valence-electron chi connectivity index (χ0n) is 10.3. The largest absolute Gasteiger partial charge is 0.481 e. The van der Waals surface area contributed by atoms with Crippen molar-refractivity contribution in [1.82, 2.24) is 15.5 Å². The first kappa shape index (κ1) is 13.3. The number of nitrogens with one attached hydrogen (secondary N) is 1. The van der Waals surface area contributed by atoms with Gasteiger partial charge in [-0.3, -0.25) is 9.59 Å². The van der Waals surface area contributed by atoms with Gasteiger partial charge in [-0.15, -0.1) is 0 Å². The second-order valence-corrected chi connectivity index (χ2v) is 4.37. The maximum absolute atomic E-state index is 12.0. The Kier molecular flexibility index (Phi) is 4.27. The fourth-order valence-corrected chi connectivity index (χ4v) is 2.11. The maximum Gasteiger partial charge on any atom is 0.307 e. The van der Waals surface area contributed by atoms with E-state index in [4.69, 9.17) is 9.63 Å². The zero-order chi connectivity index (χ0) is 13.7. The van der Waals surface area contributed by atoms with Crippen LogP contribution in [0.5, 0.6) is 0 Å². The number of carboxylic acid groups (broad SMARTS) is 1. The molecule has 0 aliphatic heterocycles. The Labute approximate surface area is 109 Å². The van der Waals surface area contributed by atoms with Crippen LogP contribution in [0.4, 0.5) is 0 Å². The second kappa shape index (κ2) is 6.12. The zero-order valence-corrected chi connectivity index (χ0v) is 10.3. The lowest BCUT2D eigenvalue weighted by atomic mass is 9.82. The van der Waals surface area contributed by atoms with Crippen molar-refractivity contribution < 1.29 is 19.2 Å². The third-order valence-corrected chi connectivity index (χ3v) is 3.13. The monoisotopic (exact) mass is 265 g/mol. The van der Waals surface area contributed by atoms with Gasteiger partial charge in [0.2, 0.25) is 11.8 Å². The van der Waals surface area contributed by atoms with Crippen molar-refractivity contribution in [2.24, 2.45) is 11.8 Å². The van der Waals surface area contributed by atoms with Crippen molar-refractivity contribution in [3.8, 4) is 0 Å². The van der Waals surface area contributed by atoms with Gasteiger partial charge in [-0.25, -0.2) is 0 Å². The Hall–Kier alpha value is -2.18. The molecule has 0 radical (unpaired) electrons. The fraction of sp³-hybridized carbons (Fsp3) is 0.500. The van der Waals surface area contributed by atoms with E-state index in [1.54, 1.807) is 6.08 Å². The summed E-state index contributed by atoms with van der Waals surface area (Å²) >= 11 is 0. The van der Waals surface area contributed by atoms with Gasteiger partial charge < -0.3 is 14.9 Å². The molecule has 2 unspecified atom stereocenters. The molecule has 102 valence electrons. The lowest BCUT2D eigenvalue weighted by Gasteiger charge is -2.24. The molecule has 1 amide bonds. The molecule has 2 N–H and O–H groups in total. The minimum atomic E-state index is -0.929. The summed E-state index contributed by atoms with van der Waals surface area (Å²) in [6, 6.07) is 0. The van der Waals surface area contributed by atoms with E-state index in [-0.39, 0.29) is 5.91 Å². The van der Waals surface area contributed by atoms with Gasteiger partial charge in [0, 0.05) is 13.0 Å². The average Bonchev–Trinajstić information content (AvgIpc) is 2.91. The first-order valence-corrected chi connectivity index (χ1v) is 6.09. The van der Waals surface area contributed by atoms with Crippen LogP contribution in [0.15, 0.2) is 23.0 Å². The van der Waals surface area contributed by atoms with Gasteiger partial charge in [0.15, 0.2) is 6.33 Å². The number of carbonyl (C=O) groups excluding carboxylic acids is 1. The quantitative estimate of drug-likeness (QED) is 0.746. The smallest absolute Gasteiger partial charge is 0.307 e. The molecule has 0 bridgehead atoms. The van der Waals surface area contributed by atoms with Crippen molar-refractivity contribution in [2.45, 2.75) is 19.3 Å². The van der Waals surface area contributed by atoms with E-state index < -0.39 is 17.8 Å². The van der Waals surface area contributed by atoms with Crippen molar-refractivity contribution in [3.05, 3.63) is 24.4 Å². The molecule has 1 aliphatic rings. The van der Waals surface area contributed by atoms with Crippen LogP contribution in [0.1, 0.15) is 18.7 Å². The molecule has 2 atom stereocenters. The lowest BCUT2D eigenvalue weighted by Crippen LogP contribution is -2.39. The van der Waals surface area contributed by atoms with E-state index in [0.29, 0.717) is 31.7 Å². The van der Waals surface area contributed by atoms with E-state index in [1.807, 2.05) is 6.08 Å². The van der Waals surface area contributed by atoms with E-state index in [1.165, 1.54) is 6.33 Å². The predicted octanol–water partition coefficient (Wildman–Crippen LogP) is 0.395. The fourth-order valence-electron chi connectivity index (χ4n) is 2.11. The normalized spacial score (nSPS) is 22.1. The number of nitrogens with zero attached hydrogens (tertiary/aromatic N) is 2. The van der Waals surface area contributed by atoms with Gasteiger partial charge in [-0.05, 0) is 12.8 Å². The number of amides is 1. The minimum absolute atomic E-state index is 0.240. The molecule has 0 fully saturated rings. The van der Waals surface area contributed by atoms with E-state index in [0.717, 1.165) is 0 Å². The topological polar surface area (TPSA) is 105 Å². The molecule has 1 aromatic heterocycles. The van der Waals surface area contributed by atoms with E-state index >= 15 is 0 Å². The summed E-state index contributed by atoms with van der Waals surface area (Å²) in [5.74, 6) is -1.88. The second-order valence-electron chi connectivity index (χ2n) is 4.37. The Morgan fingerprint density at radius 1 is 1.37 bits per heavy atom. The van der Waals surface area contributed by atoms with Crippen LogP contribution >= 0.6 is 0 Å². The Morgan fingerprint density at radius 3 is 2.74 bits per heavy atom. The summed E-state index contributed by atoms with van der Waals surface area (Å²) in [6.45, 7) is 0.355. The Balaban J connectivity index is 1.84. The van der Waals surface area contributed by atoms with Crippen LogP contribution < -0.4 is 5.32 Å². The molecular formula is C12H15N3O4. The Bertz CT molecular complexity index is 469. The molecule has 19 heavy (non-hydrogen) atoms. The molecule has 0 aromatic carbocycles. The number of allylic oxidation sites excluding steroid dienone is 2.